The molecule has 0 unspecified atom stereocenters. The molecule has 0 saturated heterocycles. The van der Waals surface area contributed by atoms with E-state index in [9.17, 15) is 4.79 Å². The van der Waals surface area contributed by atoms with Crippen molar-refractivity contribution in [2.24, 2.45) is 0 Å². The Morgan fingerprint density at radius 1 is 1.26 bits per heavy atom. The number of furan rings is 1. The molecule has 23 heavy (non-hydrogen) atoms. The van der Waals surface area contributed by atoms with Crippen molar-refractivity contribution < 1.29 is 9.21 Å². The van der Waals surface area contributed by atoms with Crippen molar-refractivity contribution in [3.05, 3.63) is 53.0 Å². The predicted octanol–water partition coefficient (Wildman–Crippen LogP) is 3.37. The van der Waals surface area contributed by atoms with E-state index in [2.05, 4.69) is 16.5 Å². The SMILES string of the molecule is Cc1cc(C)n(CCCNC(=O)c2oc3ccccc3c2C)n1. The summed E-state index contributed by atoms with van der Waals surface area (Å²) in [6.45, 7) is 7.31. The molecule has 0 bridgehead atoms. The van der Waals surface area contributed by atoms with Gasteiger partial charge in [-0.25, -0.2) is 0 Å². The van der Waals surface area contributed by atoms with E-state index in [1.807, 2.05) is 49.7 Å². The van der Waals surface area contributed by atoms with Crippen LogP contribution in [0.15, 0.2) is 34.7 Å². The summed E-state index contributed by atoms with van der Waals surface area (Å²) >= 11 is 0. The first-order chi connectivity index (χ1) is 11.1. The van der Waals surface area contributed by atoms with Crippen molar-refractivity contribution in [3.8, 4) is 0 Å². The Bertz CT molecular complexity index is 845. The van der Waals surface area contributed by atoms with Gasteiger partial charge in [-0.1, -0.05) is 18.2 Å². The number of hydrogen-bond acceptors (Lipinski definition) is 3. The van der Waals surface area contributed by atoms with Crippen LogP contribution < -0.4 is 5.32 Å². The maximum atomic E-state index is 12.3. The average molecular weight is 311 g/mol. The second-order valence-electron chi connectivity index (χ2n) is 5.81. The number of aryl methyl sites for hydroxylation is 4. The molecule has 0 aliphatic carbocycles. The third kappa shape index (κ3) is 3.13. The molecule has 0 radical (unpaired) electrons. The van der Waals surface area contributed by atoms with Crippen LogP contribution in [-0.4, -0.2) is 22.2 Å². The predicted molar refractivity (Wildman–Crippen MR) is 89.6 cm³/mol. The highest BCUT2D eigenvalue weighted by Crippen LogP contribution is 2.24. The minimum absolute atomic E-state index is 0.160. The van der Waals surface area contributed by atoms with Gasteiger partial charge in [0, 0.05) is 29.7 Å². The van der Waals surface area contributed by atoms with Gasteiger partial charge in [0.15, 0.2) is 5.76 Å². The van der Waals surface area contributed by atoms with Crippen LogP contribution in [0.1, 0.15) is 33.9 Å². The van der Waals surface area contributed by atoms with E-state index in [0.717, 1.165) is 40.9 Å². The fourth-order valence-electron chi connectivity index (χ4n) is 2.80. The molecule has 2 aromatic heterocycles. The highest BCUT2D eigenvalue weighted by atomic mass is 16.3. The Morgan fingerprint density at radius 2 is 2.04 bits per heavy atom. The van der Waals surface area contributed by atoms with Crippen LogP contribution in [0.25, 0.3) is 11.0 Å². The molecular weight excluding hydrogens is 290 g/mol. The van der Waals surface area contributed by atoms with E-state index >= 15 is 0 Å². The van der Waals surface area contributed by atoms with E-state index in [-0.39, 0.29) is 5.91 Å². The summed E-state index contributed by atoms with van der Waals surface area (Å²) in [7, 11) is 0. The van der Waals surface area contributed by atoms with Gasteiger partial charge in [-0.05, 0) is 39.3 Å². The van der Waals surface area contributed by atoms with E-state index in [1.54, 1.807) is 0 Å². The third-order valence-corrected chi connectivity index (χ3v) is 3.99. The van der Waals surface area contributed by atoms with E-state index in [0.29, 0.717) is 12.3 Å². The Morgan fingerprint density at radius 3 is 2.74 bits per heavy atom. The van der Waals surface area contributed by atoms with Crippen molar-refractivity contribution in [2.75, 3.05) is 6.54 Å². The normalized spacial score (nSPS) is 11.1. The van der Waals surface area contributed by atoms with Crippen LogP contribution in [0.2, 0.25) is 0 Å². The molecule has 0 aliphatic heterocycles. The quantitative estimate of drug-likeness (QED) is 0.735. The summed E-state index contributed by atoms with van der Waals surface area (Å²) in [6, 6.07) is 9.74. The number of para-hydroxylation sites is 1. The number of rotatable bonds is 5. The van der Waals surface area contributed by atoms with Gasteiger partial charge in [0.05, 0.1) is 5.69 Å². The molecule has 3 rings (SSSR count). The monoisotopic (exact) mass is 311 g/mol. The van der Waals surface area contributed by atoms with Crippen LogP contribution >= 0.6 is 0 Å². The van der Waals surface area contributed by atoms with Crippen LogP contribution in [-0.2, 0) is 6.54 Å². The molecule has 5 nitrogen and oxygen atoms in total. The van der Waals surface area contributed by atoms with Crippen LogP contribution in [0.5, 0.6) is 0 Å². The lowest BCUT2D eigenvalue weighted by molar-refractivity contribution is 0.0926. The minimum atomic E-state index is -0.160. The van der Waals surface area contributed by atoms with Gasteiger partial charge in [-0.3, -0.25) is 9.48 Å². The zero-order valence-electron chi connectivity index (χ0n) is 13.7. The number of carbonyl (C=O) groups excluding carboxylic acids is 1. The van der Waals surface area contributed by atoms with Gasteiger partial charge in [-0.2, -0.15) is 5.10 Å². The first-order valence-corrected chi connectivity index (χ1v) is 7.83. The molecule has 1 amide bonds. The lowest BCUT2D eigenvalue weighted by Crippen LogP contribution is -2.25. The van der Waals surface area contributed by atoms with Crippen molar-refractivity contribution >= 4 is 16.9 Å². The lowest BCUT2D eigenvalue weighted by atomic mass is 10.1. The molecule has 1 N–H and O–H groups in total. The summed E-state index contributed by atoms with van der Waals surface area (Å²) in [5, 5.41) is 8.32. The van der Waals surface area contributed by atoms with Gasteiger partial charge >= 0.3 is 0 Å². The summed E-state index contributed by atoms with van der Waals surface area (Å²) < 4.78 is 7.63. The highest BCUT2D eigenvalue weighted by Gasteiger charge is 2.16. The van der Waals surface area contributed by atoms with Gasteiger partial charge in [0.25, 0.3) is 5.91 Å². The van der Waals surface area contributed by atoms with E-state index in [4.69, 9.17) is 4.42 Å². The Balaban J connectivity index is 1.58. The average Bonchev–Trinajstić information content (AvgIpc) is 3.03. The molecule has 1 aromatic carbocycles. The molecule has 120 valence electrons. The third-order valence-electron chi connectivity index (χ3n) is 3.99. The summed E-state index contributed by atoms with van der Waals surface area (Å²) in [5.74, 6) is 0.240. The van der Waals surface area contributed by atoms with Crippen molar-refractivity contribution in [2.45, 2.75) is 33.7 Å². The van der Waals surface area contributed by atoms with Crippen LogP contribution in [0.4, 0.5) is 0 Å². The summed E-state index contributed by atoms with van der Waals surface area (Å²) in [6.07, 6.45) is 0.826. The number of nitrogens with zero attached hydrogens (tertiary/aromatic N) is 2. The number of amides is 1. The molecular formula is C18H21N3O2. The maximum Gasteiger partial charge on any atom is 0.287 e. The van der Waals surface area contributed by atoms with E-state index < -0.39 is 0 Å². The van der Waals surface area contributed by atoms with Gasteiger partial charge < -0.3 is 9.73 Å². The molecule has 5 heteroatoms. The second kappa shape index (κ2) is 6.28. The fraction of sp³-hybridized carbons (Fsp3) is 0.333. The lowest BCUT2D eigenvalue weighted by Gasteiger charge is -2.06. The van der Waals surface area contributed by atoms with Crippen molar-refractivity contribution in [1.82, 2.24) is 15.1 Å². The minimum Gasteiger partial charge on any atom is -0.451 e. The van der Waals surface area contributed by atoms with Crippen molar-refractivity contribution in [1.29, 1.82) is 0 Å². The molecule has 2 heterocycles. The molecule has 3 aromatic rings. The van der Waals surface area contributed by atoms with Gasteiger partial charge in [-0.15, -0.1) is 0 Å². The number of aromatic nitrogens is 2. The summed E-state index contributed by atoms with van der Waals surface area (Å²) in [4.78, 5) is 12.3. The highest BCUT2D eigenvalue weighted by molar-refractivity contribution is 5.98. The zero-order valence-corrected chi connectivity index (χ0v) is 13.7. The Labute approximate surface area is 135 Å². The number of hydrogen-bond donors (Lipinski definition) is 1. The van der Waals surface area contributed by atoms with Gasteiger partial charge in [0.1, 0.15) is 5.58 Å². The second-order valence-corrected chi connectivity index (χ2v) is 5.81. The van der Waals surface area contributed by atoms with Crippen LogP contribution in [0.3, 0.4) is 0 Å². The number of benzene rings is 1. The van der Waals surface area contributed by atoms with E-state index in [1.165, 1.54) is 0 Å². The number of fused-ring (bicyclic) bond motifs is 1. The largest absolute Gasteiger partial charge is 0.451 e. The standard InChI is InChI=1S/C18H21N3O2/c1-12-11-13(2)21(20-12)10-6-9-19-18(22)17-14(3)15-7-4-5-8-16(15)23-17/h4-5,7-8,11H,6,9-10H2,1-3H3,(H,19,22). The number of nitrogens with one attached hydrogen (secondary N) is 1. The molecule has 0 saturated carbocycles. The first kappa shape index (κ1) is 15.3. The van der Waals surface area contributed by atoms with Crippen LogP contribution in [0, 0.1) is 20.8 Å². The van der Waals surface area contributed by atoms with Crippen molar-refractivity contribution in [3.63, 3.8) is 0 Å². The molecule has 0 atom stereocenters. The fourth-order valence-corrected chi connectivity index (χ4v) is 2.80. The van der Waals surface area contributed by atoms with Gasteiger partial charge in [0.2, 0.25) is 0 Å². The Hall–Kier alpha value is -2.56. The molecule has 0 fully saturated rings. The zero-order chi connectivity index (χ0) is 16.4. The topological polar surface area (TPSA) is 60.1 Å². The Kier molecular flexibility index (Phi) is 4.19. The molecule has 0 aliphatic rings. The molecule has 0 spiro atoms. The first-order valence-electron chi connectivity index (χ1n) is 7.83. The maximum absolute atomic E-state index is 12.3. The summed E-state index contributed by atoms with van der Waals surface area (Å²) in [5.41, 5.74) is 3.79. The number of carbonyl (C=O) groups is 1. The smallest absolute Gasteiger partial charge is 0.287 e.